The predicted molar refractivity (Wildman–Crippen MR) is 118 cm³/mol. The monoisotopic (exact) mass is 426 g/mol. The summed E-state index contributed by atoms with van der Waals surface area (Å²) in [7, 11) is 0. The molecule has 0 aliphatic heterocycles. The first-order valence-electron chi connectivity index (χ1n) is 10.5. The van der Waals surface area contributed by atoms with Gasteiger partial charge in [-0.15, -0.1) is 0 Å². The smallest absolute Gasteiger partial charge is 0.230 e. The van der Waals surface area contributed by atoms with Crippen LogP contribution in [0.3, 0.4) is 0 Å². The van der Waals surface area contributed by atoms with Gasteiger partial charge < -0.3 is 9.52 Å². The number of hydrogen-bond acceptors (Lipinski definition) is 5. The summed E-state index contributed by atoms with van der Waals surface area (Å²) in [4.78, 5) is 8.89. The van der Waals surface area contributed by atoms with Crippen LogP contribution in [0.2, 0.25) is 0 Å². The van der Waals surface area contributed by atoms with Crippen molar-refractivity contribution in [1.82, 2.24) is 19.7 Å². The molecule has 6 nitrogen and oxygen atoms in total. The molecule has 5 aromatic rings. The molecule has 3 heterocycles. The molecule has 3 aromatic heterocycles. The van der Waals surface area contributed by atoms with E-state index in [1.807, 2.05) is 47.3 Å². The van der Waals surface area contributed by atoms with Crippen molar-refractivity contribution in [3.8, 4) is 33.8 Å². The third-order valence-electron chi connectivity index (χ3n) is 5.95. The van der Waals surface area contributed by atoms with Crippen LogP contribution in [0.1, 0.15) is 18.9 Å². The molecule has 1 aliphatic carbocycles. The Hall–Kier alpha value is -3.84. The van der Waals surface area contributed by atoms with Crippen LogP contribution < -0.4 is 0 Å². The molecule has 7 heteroatoms. The summed E-state index contributed by atoms with van der Waals surface area (Å²) in [6.45, 7) is 0. The molecule has 32 heavy (non-hydrogen) atoms. The number of hydrogen-bond donors (Lipinski definition) is 1. The molecular weight excluding hydrogens is 407 g/mol. The Morgan fingerprint density at radius 3 is 2.47 bits per heavy atom. The van der Waals surface area contributed by atoms with Crippen molar-refractivity contribution in [2.45, 2.75) is 25.0 Å². The fourth-order valence-electron chi connectivity index (χ4n) is 4.16. The highest BCUT2D eigenvalue weighted by Gasteiger charge is 2.31. The maximum atomic E-state index is 13.6. The quantitative estimate of drug-likeness (QED) is 0.424. The predicted octanol–water partition coefficient (Wildman–Crippen LogP) is 5.26. The molecular formula is C25H19FN4O2. The number of aliphatic hydroxyl groups excluding tert-OH is 1. The van der Waals surface area contributed by atoms with Crippen LogP contribution in [-0.4, -0.2) is 31.0 Å². The van der Waals surface area contributed by atoms with Crippen molar-refractivity contribution in [2.75, 3.05) is 0 Å². The van der Waals surface area contributed by atoms with Gasteiger partial charge in [0, 0.05) is 22.9 Å². The van der Waals surface area contributed by atoms with Crippen LogP contribution in [0.25, 0.3) is 44.9 Å². The number of aromatic nitrogens is 4. The van der Waals surface area contributed by atoms with Crippen LogP contribution in [0.4, 0.5) is 4.39 Å². The zero-order valence-electron chi connectivity index (χ0n) is 17.0. The van der Waals surface area contributed by atoms with Gasteiger partial charge in [0.2, 0.25) is 5.71 Å². The lowest BCUT2D eigenvalue weighted by Gasteiger charge is -2.31. The lowest BCUT2D eigenvalue weighted by molar-refractivity contribution is 0.0435. The Morgan fingerprint density at radius 2 is 1.72 bits per heavy atom. The average molecular weight is 426 g/mol. The Kier molecular flexibility index (Phi) is 4.36. The van der Waals surface area contributed by atoms with Gasteiger partial charge in [-0.2, -0.15) is 5.10 Å². The van der Waals surface area contributed by atoms with E-state index in [0.717, 1.165) is 22.1 Å². The van der Waals surface area contributed by atoms with E-state index in [4.69, 9.17) is 9.52 Å². The van der Waals surface area contributed by atoms with Crippen molar-refractivity contribution >= 4 is 11.1 Å². The minimum absolute atomic E-state index is 0.125. The third kappa shape index (κ3) is 3.18. The van der Waals surface area contributed by atoms with Crippen LogP contribution in [0, 0.1) is 5.82 Å². The second-order valence-corrected chi connectivity index (χ2v) is 8.08. The molecule has 0 bridgehead atoms. The number of benzene rings is 2. The van der Waals surface area contributed by atoms with E-state index < -0.39 is 0 Å². The van der Waals surface area contributed by atoms with E-state index >= 15 is 0 Å². The first-order chi connectivity index (χ1) is 15.7. The van der Waals surface area contributed by atoms with Gasteiger partial charge >= 0.3 is 0 Å². The lowest BCUT2D eigenvalue weighted by atomic mass is 9.90. The molecule has 1 N–H and O–H groups in total. The normalized spacial score (nSPS) is 18.1. The van der Waals surface area contributed by atoms with Crippen LogP contribution in [0.15, 0.2) is 77.6 Å². The SMILES string of the molecule is OC1CC(n2cc(-c3ncnc4oc(-c5ccccc5)cc34)c(-c3ccc(F)cc3)n2)C1. The molecule has 1 saturated carbocycles. The Balaban J connectivity index is 1.52. The highest BCUT2D eigenvalue weighted by Crippen LogP contribution is 2.39. The van der Waals surface area contributed by atoms with Gasteiger partial charge in [0.25, 0.3) is 0 Å². The molecule has 158 valence electrons. The van der Waals surface area contributed by atoms with Crippen molar-refractivity contribution in [2.24, 2.45) is 0 Å². The second-order valence-electron chi connectivity index (χ2n) is 8.08. The molecule has 0 atom stereocenters. The second kappa shape index (κ2) is 7.39. The fourth-order valence-corrected chi connectivity index (χ4v) is 4.16. The Labute approximate surface area is 183 Å². The molecule has 2 aromatic carbocycles. The zero-order chi connectivity index (χ0) is 21.7. The topological polar surface area (TPSA) is 77.0 Å². The summed E-state index contributed by atoms with van der Waals surface area (Å²) in [5.74, 6) is 0.406. The van der Waals surface area contributed by atoms with E-state index in [-0.39, 0.29) is 18.0 Å². The highest BCUT2D eigenvalue weighted by atomic mass is 19.1. The first kappa shape index (κ1) is 18.9. The standard InChI is InChI=1S/C25H19FN4O2/c26-17-8-6-16(7-9-17)23-21(13-30(29-23)18-10-19(31)11-18)24-20-12-22(15-4-2-1-3-5-15)32-25(20)28-14-27-24/h1-9,12-14,18-19,31H,10-11H2. The summed E-state index contributed by atoms with van der Waals surface area (Å²) in [6, 6.07) is 18.2. The maximum absolute atomic E-state index is 13.6. The summed E-state index contributed by atoms with van der Waals surface area (Å²) in [5, 5.41) is 15.3. The number of fused-ring (bicyclic) bond motifs is 1. The van der Waals surface area contributed by atoms with E-state index in [2.05, 4.69) is 9.97 Å². The molecule has 0 radical (unpaired) electrons. The van der Waals surface area contributed by atoms with E-state index in [0.29, 0.717) is 35.7 Å². The molecule has 1 aliphatic rings. The van der Waals surface area contributed by atoms with Crippen molar-refractivity contribution in [3.63, 3.8) is 0 Å². The van der Waals surface area contributed by atoms with Gasteiger partial charge in [-0.05, 0) is 43.2 Å². The lowest BCUT2D eigenvalue weighted by Crippen LogP contribution is -2.31. The Morgan fingerprint density at radius 1 is 0.938 bits per heavy atom. The fraction of sp³-hybridized carbons (Fsp3) is 0.160. The van der Waals surface area contributed by atoms with Crippen molar-refractivity contribution in [1.29, 1.82) is 0 Å². The molecule has 0 amide bonds. The largest absolute Gasteiger partial charge is 0.438 e. The zero-order valence-corrected chi connectivity index (χ0v) is 17.0. The molecule has 0 spiro atoms. The van der Waals surface area contributed by atoms with Gasteiger partial charge in [0.05, 0.1) is 23.2 Å². The summed E-state index contributed by atoms with van der Waals surface area (Å²) in [5.41, 5.74) is 4.45. The molecule has 1 fully saturated rings. The average Bonchev–Trinajstić information content (AvgIpc) is 3.43. The number of nitrogens with zero attached hydrogens (tertiary/aromatic N) is 4. The maximum Gasteiger partial charge on any atom is 0.230 e. The minimum atomic E-state index is -0.302. The van der Waals surface area contributed by atoms with E-state index in [9.17, 15) is 9.50 Å². The minimum Gasteiger partial charge on any atom is -0.438 e. The van der Waals surface area contributed by atoms with Gasteiger partial charge in [0.15, 0.2) is 0 Å². The summed E-state index contributed by atoms with van der Waals surface area (Å²) >= 11 is 0. The Bertz CT molecular complexity index is 1400. The van der Waals surface area contributed by atoms with E-state index in [1.165, 1.54) is 18.5 Å². The van der Waals surface area contributed by atoms with Gasteiger partial charge in [-0.3, -0.25) is 4.68 Å². The summed E-state index contributed by atoms with van der Waals surface area (Å²) in [6.07, 6.45) is 4.45. The molecule has 0 saturated heterocycles. The van der Waals surface area contributed by atoms with Crippen LogP contribution >= 0.6 is 0 Å². The van der Waals surface area contributed by atoms with Gasteiger partial charge in [-0.25, -0.2) is 14.4 Å². The van der Waals surface area contributed by atoms with Crippen LogP contribution in [0.5, 0.6) is 0 Å². The van der Waals surface area contributed by atoms with Gasteiger partial charge in [-0.1, -0.05) is 30.3 Å². The van der Waals surface area contributed by atoms with Crippen LogP contribution in [-0.2, 0) is 0 Å². The third-order valence-corrected chi connectivity index (χ3v) is 5.95. The number of halogens is 1. The molecule has 0 unspecified atom stereocenters. The number of rotatable bonds is 4. The van der Waals surface area contributed by atoms with Gasteiger partial charge in [0.1, 0.15) is 23.6 Å². The first-order valence-corrected chi connectivity index (χ1v) is 10.5. The number of aliphatic hydroxyl groups is 1. The summed E-state index contributed by atoms with van der Waals surface area (Å²) < 4.78 is 21.5. The highest BCUT2D eigenvalue weighted by molar-refractivity contribution is 5.95. The molecule has 6 rings (SSSR count). The number of furan rings is 1. The van der Waals surface area contributed by atoms with E-state index in [1.54, 1.807) is 12.1 Å². The van der Waals surface area contributed by atoms with Crippen molar-refractivity contribution in [3.05, 3.63) is 79.0 Å². The van der Waals surface area contributed by atoms with Crippen molar-refractivity contribution < 1.29 is 13.9 Å².